The van der Waals surface area contributed by atoms with Crippen molar-refractivity contribution in [3.63, 3.8) is 0 Å². The molecule has 1 fully saturated rings. The minimum Gasteiger partial charge on any atom is -0.451 e. The van der Waals surface area contributed by atoms with E-state index in [1.165, 1.54) is 5.56 Å². The molecule has 0 radical (unpaired) electrons. The zero-order valence-electron chi connectivity index (χ0n) is 12.6. The molecule has 1 unspecified atom stereocenters. The van der Waals surface area contributed by atoms with Gasteiger partial charge in [-0.2, -0.15) is 0 Å². The standard InChI is InChI=1S/C18H22O3/c1-13(2)17(19)21-18(11-15-12-20-15)10-6-5-8-14-7-3-4-9-16(14)18/h3-4,7,9,15H,1,5-6,8,10-12H2,2H3/t15?,18-/m0/s1. The quantitative estimate of drug-likeness (QED) is 0.368. The van der Waals surface area contributed by atoms with Gasteiger partial charge < -0.3 is 9.47 Å². The Hall–Kier alpha value is -1.61. The molecule has 0 spiro atoms. The summed E-state index contributed by atoms with van der Waals surface area (Å²) >= 11 is 0. The van der Waals surface area contributed by atoms with E-state index < -0.39 is 5.60 Å². The van der Waals surface area contributed by atoms with Crippen molar-refractivity contribution in [3.8, 4) is 0 Å². The van der Waals surface area contributed by atoms with E-state index in [9.17, 15) is 4.79 Å². The minimum atomic E-state index is -0.551. The van der Waals surface area contributed by atoms with Crippen molar-refractivity contribution in [1.82, 2.24) is 0 Å². The second-order valence-corrected chi connectivity index (χ2v) is 6.19. The fourth-order valence-corrected chi connectivity index (χ4v) is 3.22. The number of rotatable bonds is 4. The fourth-order valence-electron chi connectivity index (χ4n) is 3.22. The van der Waals surface area contributed by atoms with Gasteiger partial charge in [0.15, 0.2) is 0 Å². The Balaban J connectivity index is 2.00. The predicted molar refractivity (Wildman–Crippen MR) is 80.9 cm³/mol. The lowest BCUT2D eigenvalue weighted by atomic mass is 9.83. The Morgan fingerprint density at radius 1 is 1.43 bits per heavy atom. The third kappa shape index (κ3) is 3.03. The number of epoxide rings is 1. The fraction of sp³-hybridized carbons (Fsp3) is 0.500. The van der Waals surface area contributed by atoms with Gasteiger partial charge in [-0.3, -0.25) is 0 Å². The van der Waals surface area contributed by atoms with Crippen molar-refractivity contribution in [3.05, 3.63) is 47.5 Å². The minimum absolute atomic E-state index is 0.217. The Morgan fingerprint density at radius 3 is 2.90 bits per heavy atom. The molecule has 2 aliphatic rings. The summed E-state index contributed by atoms with van der Waals surface area (Å²) in [5.74, 6) is -0.299. The average Bonchev–Trinajstić information content (AvgIpc) is 3.28. The molecule has 1 aromatic carbocycles. The largest absolute Gasteiger partial charge is 0.451 e. The van der Waals surface area contributed by atoms with Crippen LogP contribution in [0.15, 0.2) is 36.4 Å². The van der Waals surface area contributed by atoms with E-state index in [-0.39, 0.29) is 12.1 Å². The first-order valence-corrected chi connectivity index (χ1v) is 7.69. The molecule has 0 N–H and O–H groups in total. The lowest BCUT2D eigenvalue weighted by Gasteiger charge is -2.34. The Morgan fingerprint density at radius 2 is 2.19 bits per heavy atom. The zero-order chi connectivity index (χ0) is 14.9. The first-order chi connectivity index (χ1) is 10.1. The first-order valence-electron chi connectivity index (χ1n) is 7.69. The average molecular weight is 286 g/mol. The van der Waals surface area contributed by atoms with Crippen LogP contribution < -0.4 is 0 Å². The molecule has 1 aliphatic heterocycles. The molecule has 2 atom stereocenters. The van der Waals surface area contributed by atoms with Gasteiger partial charge in [-0.1, -0.05) is 30.8 Å². The third-order valence-corrected chi connectivity index (χ3v) is 4.38. The summed E-state index contributed by atoms with van der Waals surface area (Å²) in [6.45, 7) is 6.19. The van der Waals surface area contributed by atoms with Crippen molar-refractivity contribution in [2.24, 2.45) is 0 Å². The van der Waals surface area contributed by atoms with Gasteiger partial charge in [0.2, 0.25) is 0 Å². The molecule has 3 rings (SSSR count). The zero-order valence-corrected chi connectivity index (χ0v) is 12.6. The number of carbonyl (C=O) groups is 1. The molecule has 1 heterocycles. The molecule has 0 aromatic heterocycles. The van der Waals surface area contributed by atoms with Crippen molar-refractivity contribution in [2.75, 3.05) is 6.61 Å². The molecule has 0 amide bonds. The molecule has 3 nitrogen and oxygen atoms in total. The highest BCUT2D eigenvalue weighted by Gasteiger charge is 2.44. The third-order valence-electron chi connectivity index (χ3n) is 4.38. The van der Waals surface area contributed by atoms with Gasteiger partial charge in [0.1, 0.15) is 5.60 Å². The number of carbonyl (C=O) groups excluding carboxylic acids is 1. The van der Waals surface area contributed by atoms with Gasteiger partial charge in [0, 0.05) is 12.0 Å². The van der Waals surface area contributed by atoms with E-state index >= 15 is 0 Å². The normalized spacial score (nSPS) is 27.4. The summed E-state index contributed by atoms with van der Waals surface area (Å²) in [4.78, 5) is 12.2. The van der Waals surface area contributed by atoms with Crippen molar-refractivity contribution in [1.29, 1.82) is 0 Å². The summed E-state index contributed by atoms with van der Waals surface area (Å²) in [6, 6.07) is 8.34. The first kappa shape index (κ1) is 14.3. The maximum absolute atomic E-state index is 12.2. The number of hydrogen-bond acceptors (Lipinski definition) is 3. The summed E-state index contributed by atoms with van der Waals surface area (Å²) in [6.07, 6.45) is 5.08. The van der Waals surface area contributed by atoms with Gasteiger partial charge in [0.25, 0.3) is 0 Å². The highest BCUT2D eigenvalue weighted by Crippen LogP contribution is 2.43. The number of aryl methyl sites for hydroxylation is 1. The van der Waals surface area contributed by atoms with Gasteiger partial charge in [0.05, 0.1) is 12.7 Å². The van der Waals surface area contributed by atoms with Crippen LogP contribution in [0.25, 0.3) is 0 Å². The SMILES string of the molecule is C=C(C)C(=O)O[C@]1(CC2CO2)CCCCc2ccccc21. The smallest absolute Gasteiger partial charge is 0.334 e. The number of ether oxygens (including phenoxy) is 2. The van der Waals surface area contributed by atoms with Gasteiger partial charge in [-0.25, -0.2) is 4.79 Å². The molecular weight excluding hydrogens is 264 g/mol. The molecule has 0 saturated carbocycles. The highest BCUT2D eigenvalue weighted by atomic mass is 16.6. The van der Waals surface area contributed by atoms with Gasteiger partial charge in [-0.15, -0.1) is 0 Å². The maximum Gasteiger partial charge on any atom is 0.334 e. The van der Waals surface area contributed by atoms with Crippen LogP contribution in [0.3, 0.4) is 0 Å². The molecule has 1 aliphatic carbocycles. The number of esters is 1. The number of benzene rings is 1. The van der Waals surface area contributed by atoms with E-state index in [4.69, 9.17) is 9.47 Å². The van der Waals surface area contributed by atoms with Crippen LogP contribution in [0.5, 0.6) is 0 Å². The number of hydrogen-bond donors (Lipinski definition) is 0. The molecule has 1 saturated heterocycles. The van der Waals surface area contributed by atoms with E-state index in [2.05, 4.69) is 24.8 Å². The van der Waals surface area contributed by atoms with E-state index in [1.54, 1.807) is 6.92 Å². The summed E-state index contributed by atoms with van der Waals surface area (Å²) in [5.41, 5.74) is 2.36. The van der Waals surface area contributed by atoms with E-state index in [0.29, 0.717) is 5.57 Å². The summed E-state index contributed by atoms with van der Waals surface area (Å²) in [7, 11) is 0. The summed E-state index contributed by atoms with van der Waals surface area (Å²) < 4.78 is 11.4. The molecular formula is C18H22O3. The van der Waals surface area contributed by atoms with E-state index in [0.717, 1.165) is 44.3 Å². The monoisotopic (exact) mass is 286 g/mol. The Bertz CT molecular complexity index is 559. The summed E-state index contributed by atoms with van der Waals surface area (Å²) in [5, 5.41) is 0. The van der Waals surface area contributed by atoms with Crippen LogP contribution in [-0.4, -0.2) is 18.7 Å². The van der Waals surface area contributed by atoms with Crippen LogP contribution in [0.2, 0.25) is 0 Å². The lowest BCUT2D eigenvalue weighted by Crippen LogP contribution is -2.34. The van der Waals surface area contributed by atoms with Crippen LogP contribution in [0.4, 0.5) is 0 Å². The molecule has 21 heavy (non-hydrogen) atoms. The Kier molecular flexibility index (Phi) is 3.85. The van der Waals surface area contributed by atoms with Crippen LogP contribution in [-0.2, 0) is 26.3 Å². The second kappa shape index (κ2) is 5.64. The molecule has 1 aromatic rings. The topological polar surface area (TPSA) is 38.8 Å². The maximum atomic E-state index is 12.2. The molecule has 0 bridgehead atoms. The van der Waals surface area contributed by atoms with Crippen LogP contribution >= 0.6 is 0 Å². The van der Waals surface area contributed by atoms with Crippen molar-refractivity contribution < 1.29 is 14.3 Å². The molecule has 3 heteroatoms. The van der Waals surface area contributed by atoms with E-state index in [1.807, 2.05) is 6.07 Å². The predicted octanol–water partition coefficient (Wildman–Crippen LogP) is 3.52. The molecule has 112 valence electrons. The second-order valence-electron chi connectivity index (χ2n) is 6.19. The van der Waals surface area contributed by atoms with Crippen LogP contribution in [0.1, 0.15) is 43.7 Å². The Labute approximate surface area is 125 Å². The van der Waals surface area contributed by atoms with Gasteiger partial charge in [-0.05, 0) is 43.7 Å². The van der Waals surface area contributed by atoms with Crippen LogP contribution in [0, 0.1) is 0 Å². The van der Waals surface area contributed by atoms with Crippen molar-refractivity contribution >= 4 is 5.97 Å². The lowest BCUT2D eigenvalue weighted by molar-refractivity contribution is -0.158. The number of fused-ring (bicyclic) bond motifs is 1. The highest BCUT2D eigenvalue weighted by molar-refractivity contribution is 5.87. The van der Waals surface area contributed by atoms with Crippen molar-refractivity contribution in [2.45, 2.75) is 50.7 Å². The van der Waals surface area contributed by atoms with Gasteiger partial charge >= 0.3 is 5.97 Å².